The van der Waals surface area contributed by atoms with Crippen molar-refractivity contribution in [2.24, 2.45) is 0 Å². The van der Waals surface area contributed by atoms with Gasteiger partial charge in [0.2, 0.25) is 5.91 Å². The Morgan fingerprint density at radius 1 is 1.12 bits per heavy atom. The summed E-state index contributed by atoms with van der Waals surface area (Å²) in [6.45, 7) is 1.56. The Morgan fingerprint density at radius 2 is 1.94 bits per heavy atom. The van der Waals surface area contributed by atoms with E-state index in [-0.39, 0.29) is 23.8 Å². The van der Waals surface area contributed by atoms with Crippen LogP contribution >= 0.6 is 23.2 Å². The molecule has 166 valence electrons. The van der Waals surface area contributed by atoms with E-state index in [1.165, 1.54) is 6.07 Å². The number of morpholine rings is 1. The molecule has 1 aliphatic heterocycles. The molecule has 7 nitrogen and oxygen atoms in total. The van der Waals surface area contributed by atoms with Gasteiger partial charge in [0.25, 0.3) is 0 Å². The minimum absolute atomic E-state index is 0.0261. The summed E-state index contributed by atoms with van der Waals surface area (Å²) in [4.78, 5) is 26.3. The lowest BCUT2D eigenvalue weighted by molar-refractivity contribution is -0.127. The van der Waals surface area contributed by atoms with Crippen LogP contribution in [0.3, 0.4) is 0 Å². The van der Waals surface area contributed by atoms with E-state index in [2.05, 4.69) is 5.32 Å². The summed E-state index contributed by atoms with van der Waals surface area (Å²) in [7, 11) is 0. The number of carbonyl (C=O) groups excluding carboxylic acids is 1. The van der Waals surface area contributed by atoms with Gasteiger partial charge in [0.15, 0.2) is 0 Å². The number of carbonyl (C=O) groups is 2. The van der Waals surface area contributed by atoms with Crippen LogP contribution in [0.2, 0.25) is 10.0 Å². The predicted octanol–water partition coefficient (Wildman–Crippen LogP) is 4.79. The normalized spacial score (nSPS) is 16.6. The summed E-state index contributed by atoms with van der Waals surface area (Å²) in [5.74, 6) is -0.220. The lowest BCUT2D eigenvalue weighted by atomic mass is 10.1. The maximum Gasteiger partial charge on any atom is 0.337 e. The molecule has 1 atom stereocenters. The number of hydrogen-bond acceptors (Lipinski definition) is 5. The van der Waals surface area contributed by atoms with Gasteiger partial charge in [-0.3, -0.25) is 9.69 Å². The molecule has 0 saturated carbocycles. The van der Waals surface area contributed by atoms with Gasteiger partial charge in [-0.2, -0.15) is 0 Å². The molecular formula is C23H20Cl2N2O5. The molecular weight excluding hydrogens is 455 g/mol. The summed E-state index contributed by atoms with van der Waals surface area (Å²) in [5, 5.41) is 13.1. The highest BCUT2D eigenvalue weighted by Crippen LogP contribution is 2.32. The molecule has 1 amide bonds. The van der Waals surface area contributed by atoms with Crippen LogP contribution in [0, 0.1) is 0 Å². The molecule has 9 heteroatoms. The number of halogens is 2. The van der Waals surface area contributed by atoms with Crippen molar-refractivity contribution in [2.45, 2.75) is 12.6 Å². The first-order valence-corrected chi connectivity index (χ1v) is 10.7. The molecule has 1 aliphatic rings. The highest BCUT2D eigenvalue weighted by atomic mass is 35.5. The zero-order valence-corrected chi connectivity index (χ0v) is 18.4. The molecule has 3 aromatic rings. The molecule has 1 aromatic heterocycles. The fourth-order valence-corrected chi connectivity index (χ4v) is 3.94. The van der Waals surface area contributed by atoms with Crippen molar-refractivity contribution in [1.29, 1.82) is 0 Å². The SMILES string of the molecule is O=C(O)c1ccccc1NC(=O)[C@@H]1COCCN1Cc1ccc(-c2cc(Cl)ccc2Cl)o1. The number of amides is 1. The number of para-hydroxylation sites is 1. The van der Waals surface area contributed by atoms with E-state index >= 15 is 0 Å². The number of ether oxygens (including phenoxy) is 1. The van der Waals surface area contributed by atoms with E-state index in [1.54, 1.807) is 36.4 Å². The van der Waals surface area contributed by atoms with Crippen LogP contribution < -0.4 is 5.32 Å². The lowest BCUT2D eigenvalue weighted by Gasteiger charge is -2.33. The number of benzene rings is 2. The monoisotopic (exact) mass is 474 g/mol. The average molecular weight is 475 g/mol. The molecule has 2 heterocycles. The Balaban J connectivity index is 1.50. The van der Waals surface area contributed by atoms with Gasteiger partial charge in [-0.05, 0) is 42.5 Å². The molecule has 4 rings (SSSR count). The van der Waals surface area contributed by atoms with Gasteiger partial charge in [0, 0.05) is 17.1 Å². The quantitative estimate of drug-likeness (QED) is 0.533. The lowest BCUT2D eigenvalue weighted by Crippen LogP contribution is -2.51. The molecule has 0 bridgehead atoms. The second kappa shape index (κ2) is 9.75. The Labute approximate surface area is 194 Å². The van der Waals surface area contributed by atoms with Crippen LogP contribution in [0.15, 0.2) is 59.0 Å². The van der Waals surface area contributed by atoms with Gasteiger partial charge < -0.3 is 19.6 Å². The third-order valence-electron chi connectivity index (χ3n) is 5.17. The second-order valence-corrected chi connectivity index (χ2v) is 8.13. The van der Waals surface area contributed by atoms with Crippen LogP contribution in [0.1, 0.15) is 16.1 Å². The van der Waals surface area contributed by atoms with Crippen molar-refractivity contribution < 1.29 is 23.8 Å². The number of hydrogen-bond donors (Lipinski definition) is 2. The van der Waals surface area contributed by atoms with Crippen LogP contribution in [-0.2, 0) is 16.1 Å². The summed E-state index contributed by atoms with van der Waals surface area (Å²) >= 11 is 12.3. The van der Waals surface area contributed by atoms with Crippen molar-refractivity contribution in [1.82, 2.24) is 4.90 Å². The highest BCUT2D eigenvalue weighted by Gasteiger charge is 2.31. The third kappa shape index (κ3) is 4.97. The topological polar surface area (TPSA) is 92.0 Å². The van der Waals surface area contributed by atoms with E-state index in [4.69, 9.17) is 32.4 Å². The summed E-state index contributed by atoms with van der Waals surface area (Å²) < 4.78 is 11.5. The third-order valence-corrected chi connectivity index (χ3v) is 5.74. The molecule has 1 saturated heterocycles. The fourth-order valence-electron chi connectivity index (χ4n) is 3.56. The standard InChI is InChI=1S/C23H20Cl2N2O5/c24-14-5-7-18(25)17(11-14)21-8-6-15(32-21)12-27-9-10-31-13-20(27)22(28)26-19-4-2-1-3-16(19)23(29)30/h1-8,11,20H,9-10,12-13H2,(H,26,28)(H,29,30)/t20-/m0/s1. The highest BCUT2D eigenvalue weighted by molar-refractivity contribution is 6.35. The van der Waals surface area contributed by atoms with Crippen LogP contribution in [0.25, 0.3) is 11.3 Å². The van der Waals surface area contributed by atoms with Gasteiger partial charge in [0.1, 0.15) is 17.6 Å². The van der Waals surface area contributed by atoms with Gasteiger partial charge in [-0.25, -0.2) is 4.79 Å². The zero-order chi connectivity index (χ0) is 22.7. The Hall–Kier alpha value is -2.84. The molecule has 2 N–H and O–H groups in total. The average Bonchev–Trinajstić information content (AvgIpc) is 3.24. The van der Waals surface area contributed by atoms with Crippen LogP contribution in [-0.4, -0.2) is 47.7 Å². The number of anilines is 1. The number of rotatable bonds is 6. The maximum atomic E-state index is 13.0. The first kappa shape index (κ1) is 22.4. The summed E-state index contributed by atoms with van der Waals surface area (Å²) in [6, 6.07) is 14.5. The van der Waals surface area contributed by atoms with Gasteiger partial charge in [0.05, 0.1) is 36.0 Å². The molecule has 32 heavy (non-hydrogen) atoms. The number of furan rings is 1. The Kier molecular flexibility index (Phi) is 6.81. The molecule has 0 radical (unpaired) electrons. The molecule has 0 unspecified atom stereocenters. The number of nitrogens with one attached hydrogen (secondary N) is 1. The van der Waals surface area contributed by atoms with Crippen molar-refractivity contribution in [3.8, 4) is 11.3 Å². The fraction of sp³-hybridized carbons (Fsp3) is 0.217. The zero-order valence-electron chi connectivity index (χ0n) is 16.9. The Morgan fingerprint density at radius 3 is 2.75 bits per heavy atom. The van der Waals surface area contributed by atoms with Crippen LogP contribution in [0.5, 0.6) is 0 Å². The second-order valence-electron chi connectivity index (χ2n) is 7.29. The Bertz CT molecular complexity index is 1150. The molecule has 2 aromatic carbocycles. The minimum atomic E-state index is -1.11. The van der Waals surface area contributed by atoms with E-state index < -0.39 is 12.0 Å². The molecule has 0 spiro atoms. The van der Waals surface area contributed by atoms with E-state index in [0.717, 1.165) is 0 Å². The van der Waals surface area contributed by atoms with Gasteiger partial charge in [-0.15, -0.1) is 0 Å². The van der Waals surface area contributed by atoms with Crippen LogP contribution in [0.4, 0.5) is 5.69 Å². The van der Waals surface area contributed by atoms with E-state index in [1.807, 2.05) is 17.0 Å². The van der Waals surface area contributed by atoms with Crippen molar-refractivity contribution in [3.63, 3.8) is 0 Å². The first-order valence-electron chi connectivity index (χ1n) is 9.91. The largest absolute Gasteiger partial charge is 0.478 e. The summed E-state index contributed by atoms with van der Waals surface area (Å²) in [5.41, 5.74) is 0.955. The van der Waals surface area contributed by atoms with E-state index in [9.17, 15) is 14.7 Å². The maximum absolute atomic E-state index is 13.0. The first-order chi connectivity index (χ1) is 15.4. The van der Waals surface area contributed by atoms with E-state index in [0.29, 0.717) is 46.8 Å². The van der Waals surface area contributed by atoms with Gasteiger partial charge >= 0.3 is 5.97 Å². The summed E-state index contributed by atoms with van der Waals surface area (Å²) in [6.07, 6.45) is 0. The predicted molar refractivity (Wildman–Crippen MR) is 121 cm³/mol. The number of aromatic carboxylic acids is 1. The number of nitrogens with zero attached hydrogens (tertiary/aromatic N) is 1. The molecule has 0 aliphatic carbocycles. The van der Waals surface area contributed by atoms with Crippen molar-refractivity contribution in [3.05, 3.63) is 76.0 Å². The van der Waals surface area contributed by atoms with Gasteiger partial charge in [-0.1, -0.05) is 35.3 Å². The van der Waals surface area contributed by atoms with Crippen molar-refractivity contribution >= 4 is 40.8 Å². The molecule has 1 fully saturated rings. The number of carboxylic acids is 1. The number of carboxylic acid groups (broad SMARTS) is 1. The smallest absolute Gasteiger partial charge is 0.337 e. The minimum Gasteiger partial charge on any atom is -0.478 e. The van der Waals surface area contributed by atoms with Crippen molar-refractivity contribution in [2.75, 3.05) is 25.1 Å².